The fourth-order valence-corrected chi connectivity index (χ4v) is 3.42. The summed E-state index contributed by atoms with van der Waals surface area (Å²) in [6.07, 6.45) is 1.56. The smallest absolute Gasteiger partial charge is 0.223 e. The Hall–Kier alpha value is -0.840. The Kier molecular flexibility index (Phi) is 4.28. The molecule has 1 aliphatic rings. The number of halogens is 1. The maximum atomic E-state index is 12.2. The zero-order valence-corrected chi connectivity index (χ0v) is 14.6. The number of likely N-dealkylation sites (tertiary alicyclic amines) is 1. The fraction of sp³-hybridized carbons (Fsp3) is 0.733. The molecular formula is C15H24BrN3O. The van der Waals surface area contributed by atoms with E-state index in [4.69, 9.17) is 0 Å². The third kappa shape index (κ3) is 2.92. The van der Waals surface area contributed by atoms with E-state index in [0.29, 0.717) is 18.9 Å². The Morgan fingerprint density at radius 1 is 1.40 bits per heavy atom. The lowest BCUT2D eigenvalue weighted by atomic mass is 9.80. The maximum absolute atomic E-state index is 12.2. The second-order valence-corrected chi connectivity index (χ2v) is 7.52. The second kappa shape index (κ2) is 5.51. The summed E-state index contributed by atoms with van der Waals surface area (Å²) in [7, 11) is 1.95. The first-order valence-corrected chi connectivity index (χ1v) is 8.01. The molecule has 2 heterocycles. The van der Waals surface area contributed by atoms with E-state index in [1.807, 2.05) is 16.6 Å². The molecule has 0 aliphatic carbocycles. The molecule has 1 saturated heterocycles. The van der Waals surface area contributed by atoms with Gasteiger partial charge in [0, 0.05) is 20.0 Å². The molecule has 1 aromatic heterocycles. The summed E-state index contributed by atoms with van der Waals surface area (Å²) in [4.78, 5) is 14.2. The number of aryl methyl sites for hydroxylation is 2. The van der Waals surface area contributed by atoms with Gasteiger partial charge < -0.3 is 4.90 Å². The SMILES string of the molecule is CCc1nn(C)c(CN2CC(C(C)(C)C)CC2=O)c1Br. The molecule has 112 valence electrons. The van der Waals surface area contributed by atoms with E-state index in [0.717, 1.165) is 28.8 Å². The first-order chi connectivity index (χ1) is 9.24. The molecule has 20 heavy (non-hydrogen) atoms. The van der Waals surface area contributed by atoms with Crippen LogP contribution < -0.4 is 0 Å². The first kappa shape index (κ1) is 15.5. The summed E-state index contributed by atoms with van der Waals surface area (Å²) in [5.41, 5.74) is 2.33. The minimum Gasteiger partial charge on any atom is -0.336 e. The second-order valence-electron chi connectivity index (χ2n) is 6.73. The normalized spacial score (nSPS) is 20.0. The van der Waals surface area contributed by atoms with Crippen LogP contribution in [0.25, 0.3) is 0 Å². The Bertz CT molecular complexity index is 516. The van der Waals surface area contributed by atoms with Crippen LogP contribution in [-0.2, 0) is 24.8 Å². The number of amides is 1. The lowest BCUT2D eigenvalue weighted by Crippen LogP contribution is -2.28. The zero-order valence-electron chi connectivity index (χ0n) is 13.0. The van der Waals surface area contributed by atoms with Gasteiger partial charge in [-0.1, -0.05) is 27.7 Å². The van der Waals surface area contributed by atoms with Crippen LogP contribution in [0.5, 0.6) is 0 Å². The van der Waals surface area contributed by atoms with E-state index in [2.05, 4.69) is 48.7 Å². The molecule has 5 heteroatoms. The average Bonchev–Trinajstić information content (AvgIpc) is 2.84. The Balaban J connectivity index is 2.15. The van der Waals surface area contributed by atoms with E-state index in [1.165, 1.54) is 0 Å². The maximum Gasteiger partial charge on any atom is 0.223 e. The molecule has 1 aromatic rings. The molecule has 0 N–H and O–H groups in total. The van der Waals surface area contributed by atoms with Crippen LogP contribution >= 0.6 is 15.9 Å². The van der Waals surface area contributed by atoms with Gasteiger partial charge in [0.2, 0.25) is 5.91 Å². The van der Waals surface area contributed by atoms with Crippen LogP contribution in [0, 0.1) is 11.3 Å². The van der Waals surface area contributed by atoms with Gasteiger partial charge in [0.15, 0.2) is 0 Å². The van der Waals surface area contributed by atoms with Gasteiger partial charge in [0.25, 0.3) is 0 Å². The first-order valence-electron chi connectivity index (χ1n) is 7.22. The van der Waals surface area contributed by atoms with Gasteiger partial charge in [-0.05, 0) is 33.7 Å². The standard InChI is InChI=1S/C15H24BrN3O/c1-6-11-14(16)12(18(5)17-11)9-19-8-10(7-13(19)20)15(2,3)4/h10H,6-9H2,1-5H3. The van der Waals surface area contributed by atoms with E-state index >= 15 is 0 Å². The lowest BCUT2D eigenvalue weighted by molar-refractivity contribution is -0.128. The predicted octanol–water partition coefficient (Wildman–Crippen LogP) is 3.14. The molecule has 1 atom stereocenters. The van der Waals surface area contributed by atoms with Crippen LogP contribution in [0.15, 0.2) is 4.47 Å². The Labute approximate surface area is 129 Å². The van der Waals surface area contributed by atoms with Crippen molar-refractivity contribution in [3.63, 3.8) is 0 Å². The highest BCUT2D eigenvalue weighted by Gasteiger charge is 2.37. The lowest BCUT2D eigenvalue weighted by Gasteiger charge is -2.26. The fourth-order valence-electron chi connectivity index (χ4n) is 2.68. The van der Waals surface area contributed by atoms with Gasteiger partial charge in [-0.3, -0.25) is 9.48 Å². The third-order valence-electron chi connectivity index (χ3n) is 4.28. The number of nitrogens with zero attached hydrogens (tertiary/aromatic N) is 3. The van der Waals surface area contributed by atoms with Gasteiger partial charge >= 0.3 is 0 Å². The van der Waals surface area contributed by atoms with Gasteiger partial charge in [-0.2, -0.15) is 5.10 Å². The van der Waals surface area contributed by atoms with E-state index in [1.54, 1.807) is 0 Å². The number of hydrogen-bond donors (Lipinski definition) is 0. The quantitative estimate of drug-likeness (QED) is 0.846. The average molecular weight is 342 g/mol. The van der Waals surface area contributed by atoms with E-state index in [9.17, 15) is 4.79 Å². The van der Waals surface area contributed by atoms with E-state index < -0.39 is 0 Å². The summed E-state index contributed by atoms with van der Waals surface area (Å²) < 4.78 is 2.94. The summed E-state index contributed by atoms with van der Waals surface area (Å²) in [5, 5.41) is 4.50. The highest BCUT2D eigenvalue weighted by Crippen LogP contribution is 2.35. The monoisotopic (exact) mass is 341 g/mol. The van der Waals surface area contributed by atoms with Gasteiger partial charge in [0.1, 0.15) is 0 Å². The Morgan fingerprint density at radius 2 is 2.05 bits per heavy atom. The number of carbonyl (C=O) groups is 1. The topological polar surface area (TPSA) is 38.1 Å². The molecule has 0 saturated carbocycles. The summed E-state index contributed by atoms with van der Waals surface area (Å²) >= 11 is 3.62. The highest BCUT2D eigenvalue weighted by molar-refractivity contribution is 9.10. The molecule has 0 aromatic carbocycles. The van der Waals surface area contributed by atoms with Crippen molar-refractivity contribution in [1.29, 1.82) is 0 Å². The van der Waals surface area contributed by atoms with Crippen molar-refractivity contribution in [2.75, 3.05) is 6.54 Å². The van der Waals surface area contributed by atoms with Crippen molar-refractivity contribution in [1.82, 2.24) is 14.7 Å². The minimum atomic E-state index is 0.183. The minimum absolute atomic E-state index is 0.183. The van der Waals surface area contributed by atoms with Crippen molar-refractivity contribution in [3.8, 4) is 0 Å². The molecule has 0 spiro atoms. The van der Waals surface area contributed by atoms with Crippen LogP contribution in [0.3, 0.4) is 0 Å². The number of aromatic nitrogens is 2. The molecule has 0 bridgehead atoms. The molecule has 2 rings (SSSR count). The van der Waals surface area contributed by atoms with Crippen LogP contribution in [0.1, 0.15) is 45.5 Å². The van der Waals surface area contributed by atoms with Gasteiger partial charge in [0.05, 0.1) is 22.4 Å². The van der Waals surface area contributed by atoms with Crippen molar-refractivity contribution < 1.29 is 4.79 Å². The number of carbonyl (C=O) groups excluding carboxylic acids is 1. The molecular weight excluding hydrogens is 318 g/mol. The van der Waals surface area contributed by atoms with Crippen molar-refractivity contribution in [3.05, 3.63) is 15.9 Å². The van der Waals surface area contributed by atoms with Crippen LogP contribution in [-0.4, -0.2) is 27.1 Å². The largest absolute Gasteiger partial charge is 0.336 e. The van der Waals surface area contributed by atoms with Gasteiger partial charge in [-0.25, -0.2) is 0 Å². The predicted molar refractivity (Wildman–Crippen MR) is 83.3 cm³/mol. The summed E-state index contributed by atoms with van der Waals surface area (Å²) in [5.74, 6) is 0.698. The number of hydrogen-bond acceptors (Lipinski definition) is 2. The molecule has 1 amide bonds. The van der Waals surface area contributed by atoms with Crippen molar-refractivity contribution >= 4 is 21.8 Å². The van der Waals surface area contributed by atoms with Crippen LogP contribution in [0.4, 0.5) is 0 Å². The third-order valence-corrected chi connectivity index (χ3v) is 5.20. The zero-order chi connectivity index (χ0) is 15.1. The van der Waals surface area contributed by atoms with Crippen LogP contribution in [0.2, 0.25) is 0 Å². The molecule has 1 fully saturated rings. The summed E-state index contributed by atoms with van der Waals surface area (Å²) in [6.45, 7) is 10.2. The van der Waals surface area contributed by atoms with E-state index in [-0.39, 0.29) is 11.3 Å². The molecule has 4 nitrogen and oxygen atoms in total. The summed E-state index contributed by atoms with van der Waals surface area (Å²) in [6, 6.07) is 0. The number of rotatable bonds is 3. The van der Waals surface area contributed by atoms with Gasteiger partial charge in [-0.15, -0.1) is 0 Å². The van der Waals surface area contributed by atoms with Crippen molar-refractivity contribution in [2.24, 2.45) is 18.4 Å². The molecule has 1 unspecified atom stereocenters. The highest BCUT2D eigenvalue weighted by atomic mass is 79.9. The Morgan fingerprint density at radius 3 is 2.50 bits per heavy atom. The van der Waals surface area contributed by atoms with Crippen molar-refractivity contribution in [2.45, 2.75) is 47.1 Å². The molecule has 1 aliphatic heterocycles. The molecule has 0 radical (unpaired) electrons.